The Morgan fingerprint density at radius 3 is 2.93 bits per heavy atom. The van der Waals surface area contributed by atoms with Crippen LogP contribution in [0.15, 0.2) is 30.7 Å². The minimum atomic E-state index is -0.438. The normalized spacial score (nSPS) is 10.1. The lowest BCUT2D eigenvalue weighted by Crippen LogP contribution is -1.92. The number of aromatic amines is 1. The van der Waals surface area contributed by atoms with E-state index in [1.165, 1.54) is 0 Å². The Morgan fingerprint density at radius 1 is 1.36 bits per heavy atom. The summed E-state index contributed by atoms with van der Waals surface area (Å²) >= 11 is 4.81. The van der Waals surface area contributed by atoms with Crippen molar-refractivity contribution in [2.45, 2.75) is 0 Å². The number of H-pyrrole nitrogens is 1. The highest BCUT2D eigenvalue weighted by atomic mass is 32.1. The molecule has 0 aromatic carbocycles. The summed E-state index contributed by atoms with van der Waals surface area (Å²) in [5, 5.41) is 0. The zero-order chi connectivity index (χ0) is 9.97. The highest BCUT2D eigenvalue weighted by Gasteiger charge is 2.04. The molecule has 70 valence electrons. The van der Waals surface area contributed by atoms with Gasteiger partial charge in [-0.2, -0.15) is 0 Å². The van der Waals surface area contributed by atoms with E-state index in [0.717, 1.165) is 6.20 Å². The first-order valence-corrected chi connectivity index (χ1v) is 4.33. The van der Waals surface area contributed by atoms with Crippen LogP contribution >= 0.6 is 12.2 Å². The molecule has 0 aliphatic heterocycles. The number of nitrogens with one attached hydrogen (secondary N) is 1. The Labute approximate surface area is 84.7 Å². The molecule has 2 aromatic heterocycles. The van der Waals surface area contributed by atoms with Crippen LogP contribution in [0.1, 0.15) is 0 Å². The lowest BCUT2D eigenvalue weighted by molar-refractivity contribution is 0.617. The van der Waals surface area contributed by atoms with Crippen LogP contribution in [0.4, 0.5) is 4.39 Å². The van der Waals surface area contributed by atoms with Crippen LogP contribution in [-0.2, 0) is 0 Å². The van der Waals surface area contributed by atoms with Crippen molar-refractivity contribution in [3.05, 3.63) is 41.3 Å². The van der Waals surface area contributed by atoms with E-state index in [-0.39, 0.29) is 4.77 Å². The lowest BCUT2D eigenvalue weighted by atomic mass is 10.2. The van der Waals surface area contributed by atoms with Crippen molar-refractivity contribution in [3.63, 3.8) is 0 Å². The maximum absolute atomic E-state index is 13.3. The van der Waals surface area contributed by atoms with Crippen LogP contribution in [0.25, 0.3) is 11.3 Å². The number of hydrogen-bond donors (Lipinski definition) is 1. The molecule has 14 heavy (non-hydrogen) atoms. The molecule has 0 aliphatic carbocycles. The fourth-order valence-electron chi connectivity index (χ4n) is 1.10. The molecular weight excluding hydrogens is 201 g/mol. The van der Waals surface area contributed by atoms with Gasteiger partial charge in [-0.3, -0.25) is 4.98 Å². The van der Waals surface area contributed by atoms with E-state index in [9.17, 15) is 4.39 Å². The van der Waals surface area contributed by atoms with E-state index in [1.54, 1.807) is 24.5 Å². The highest BCUT2D eigenvalue weighted by Crippen LogP contribution is 2.17. The van der Waals surface area contributed by atoms with Gasteiger partial charge in [0.05, 0.1) is 11.9 Å². The molecule has 5 heteroatoms. The van der Waals surface area contributed by atoms with Gasteiger partial charge in [0, 0.05) is 18.0 Å². The maximum atomic E-state index is 13.3. The largest absolute Gasteiger partial charge is 0.328 e. The molecule has 0 saturated heterocycles. The number of rotatable bonds is 1. The van der Waals surface area contributed by atoms with E-state index in [4.69, 9.17) is 12.2 Å². The van der Waals surface area contributed by atoms with Crippen LogP contribution in [0, 0.1) is 10.6 Å². The molecule has 0 saturated carbocycles. The Hall–Kier alpha value is -1.62. The van der Waals surface area contributed by atoms with E-state index >= 15 is 0 Å². The van der Waals surface area contributed by atoms with Gasteiger partial charge in [0.15, 0.2) is 10.6 Å². The SMILES string of the molecule is Fc1cnc(=S)[nH]c1-c1cccnc1. The van der Waals surface area contributed by atoms with Crippen molar-refractivity contribution in [2.24, 2.45) is 0 Å². The molecule has 3 nitrogen and oxygen atoms in total. The second-order valence-corrected chi connectivity index (χ2v) is 3.04. The van der Waals surface area contributed by atoms with Gasteiger partial charge < -0.3 is 4.98 Å². The first-order valence-electron chi connectivity index (χ1n) is 3.92. The zero-order valence-corrected chi connectivity index (χ0v) is 7.88. The van der Waals surface area contributed by atoms with Crippen LogP contribution < -0.4 is 0 Å². The fraction of sp³-hybridized carbons (Fsp3) is 0. The van der Waals surface area contributed by atoms with Crippen LogP contribution in [0.3, 0.4) is 0 Å². The summed E-state index contributed by atoms with van der Waals surface area (Å²) in [5.41, 5.74) is 0.969. The molecule has 0 atom stereocenters. The third kappa shape index (κ3) is 1.67. The summed E-state index contributed by atoms with van der Waals surface area (Å²) in [5.74, 6) is -0.438. The highest BCUT2D eigenvalue weighted by molar-refractivity contribution is 7.71. The molecule has 0 fully saturated rings. The molecule has 0 bridgehead atoms. The summed E-state index contributed by atoms with van der Waals surface area (Å²) in [6, 6.07) is 3.47. The summed E-state index contributed by atoms with van der Waals surface area (Å²) in [6.45, 7) is 0. The van der Waals surface area contributed by atoms with Gasteiger partial charge in [0.25, 0.3) is 0 Å². The average Bonchev–Trinajstić information content (AvgIpc) is 2.23. The van der Waals surface area contributed by atoms with E-state index < -0.39 is 5.82 Å². The van der Waals surface area contributed by atoms with E-state index in [2.05, 4.69) is 15.0 Å². The van der Waals surface area contributed by atoms with Crippen molar-refractivity contribution in [3.8, 4) is 11.3 Å². The van der Waals surface area contributed by atoms with Crippen LogP contribution in [0.5, 0.6) is 0 Å². The standard InChI is InChI=1S/C9H6FN3S/c10-7-5-12-9(14)13-8(7)6-2-1-3-11-4-6/h1-5H,(H,12,13,14). The third-order valence-electron chi connectivity index (χ3n) is 1.72. The van der Waals surface area contributed by atoms with Crippen molar-refractivity contribution >= 4 is 12.2 Å². The van der Waals surface area contributed by atoms with Crippen molar-refractivity contribution in [2.75, 3.05) is 0 Å². The molecular formula is C9H6FN3S. The number of pyridine rings is 1. The molecule has 0 unspecified atom stereocenters. The van der Waals surface area contributed by atoms with Gasteiger partial charge >= 0.3 is 0 Å². The Bertz CT molecular complexity index is 495. The third-order valence-corrected chi connectivity index (χ3v) is 1.92. The molecule has 1 N–H and O–H groups in total. The summed E-state index contributed by atoms with van der Waals surface area (Å²) in [4.78, 5) is 10.2. The quantitative estimate of drug-likeness (QED) is 0.730. The molecule has 2 aromatic rings. The number of hydrogen-bond acceptors (Lipinski definition) is 3. The molecule has 0 amide bonds. The van der Waals surface area contributed by atoms with Gasteiger partial charge in [-0.15, -0.1) is 0 Å². The minimum absolute atomic E-state index is 0.255. The number of nitrogens with zero attached hydrogens (tertiary/aromatic N) is 2. The first-order chi connectivity index (χ1) is 6.77. The van der Waals surface area contributed by atoms with Crippen molar-refractivity contribution in [1.29, 1.82) is 0 Å². The number of aromatic nitrogens is 3. The van der Waals surface area contributed by atoms with Gasteiger partial charge in [0.1, 0.15) is 0 Å². The Balaban J connectivity index is 2.62. The Kier molecular flexibility index (Phi) is 2.32. The summed E-state index contributed by atoms with van der Waals surface area (Å²) in [6.07, 6.45) is 4.28. The van der Waals surface area contributed by atoms with Crippen LogP contribution in [0.2, 0.25) is 0 Å². The lowest BCUT2D eigenvalue weighted by Gasteiger charge is -2.01. The topological polar surface area (TPSA) is 41.6 Å². The molecule has 0 spiro atoms. The average molecular weight is 207 g/mol. The Morgan fingerprint density at radius 2 is 2.21 bits per heavy atom. The molecule has 0 aliphatic rings. The van der Waals surface area contributed by atoms with Crippen molar-refractivity contribution < 1.29 is 4.39 Å². The second-order valence-electron chi connectivity index (χ2n) is 2.65. The monoisotopic (exact) mass is 207 g/mol. The molecule has 2 heterocycles. The maximum Gasteiger partial charge on any atom is 0.197 e. The van der Waals surface area contributed by atoms with E-state index in [1.807, 2.05) is 0 Å². The zero-order valence-electron chi connectivity index (χ0n) is 7.07. The number of halogens is 1. The van der Waals surface area contributed by atoms with Crippen molar-refractivity contribution in [1.82, 2.24) is 15.0 Å². The molecule has 2 rings (SSSR count). The van der Waals surface area contributed by atoms with E-state index in [0.29, 0.717) is 11.3 Å². The van der Waals surface area contributed by atoms with Crippen LogP contribution in [-0.4, -0.2) is 15.0 Å². The van der Waals surface area contributed by atoms with Gasteiger partial charge in [-0.05, 0) is 24.4 Å². The molecule has 0 radical (unpaired) electrons. The minimum Gasteiger partial charge on any atom is -0.328 e. The predicted octanol–water partition coefficient (Wildman–Crippen LogP) is 2.34. The predicted molar refractivity (Wildman–Crippen MR) is 52.6 cm³/mol. The van der Waals surface area contributed by atoms with Gasteiger partial charge in [0.2, 0.25) is 0 Å². The first kappa shape index (κ1) is 8.96. The second kappa shape index (κ2) is 3.63. The smallest absolute Gasteiger partial charge is 0.197 e. The summed E-state index contributed by atoms with van der Waals surface area (Å²) in [7, 11) is 0. The fourth-order valence-corrected chi connectivity index (χ4v) is 1.25. The van der Waals surface area contributed by atoms with Gasteiger partial charge in [-0.1, -0.05) is 0 Å². The van der Waals surface area contributed by atoms with Gasteiger partial charge in [-0.25, -0.2) is 9.37 Å². The summed E-state index contributed by atoms with van der Waals surface area (Å²) < 4.78 is 13.5.